The molecule has 5 heteroatoms. The number of hydrogen-bond acceptors (Lipinski definition) is 4. The van der Waals surface area contributed by atoms with Gasteiger partial charge in [-0.1, -0.05) is 0 Å². The normalized spacial score (nSPS) is 30.8. The van der Waals surface area contributed by atoms with Crippen LogP contribution in [0, 0.1) is 5.92 Å². The summed E-state index contributed by atoms with van der Waals surface area (Å²) in [6.45, 7) is 3.10. The van der Waals surface area contributed by atoms with Crippen LogP contribution in [0.3, 0.4) is 0 Å². The van der Waals surface area contributed by atoms with Gasteiger partial charge in [0.05, 0.1) is 6.61 Å². The second-order valence-electron chi connectivity index (χ2n) is 5.94. The lowest BCUT2D eigenvalue weighted by Gasteiger charge is -2.24. The van der Waals surface area contributed by atoms with Gasteiger partial charge in [-0.25, -0.2) is 0 Å². The first kappa shape index (κ1) is 13.3. The molecule has 0 aromatic heterocycles. The van der Waals surface area contributed by atoms with Crippen molar-refractivity contribution in [3.63, 3.8) is 0 Å². The van der Waals surface area contributed by atoms with Gasteiger partial charge >= 0.3 is 0 Å². The summed E-state index contributed by atoms with van der Waals surface area (Å²) in [6, 6.07) is 0. The Morgan fingerprint density at radius 3 is 2.74 bits per heavy atom. The molecule has 2 aliphatic heterocycles. The van der Waals surface area contributed by atoms with Gasteiger partial charge in [-0.15, -0.1) is 0 Å². The predicted molar refractivity (Wildman–Crippen MR) is 70.6 cm³/mol. The summed E-state index contributed by atoms with van der Waals surface area (Å²) in [4.78, 5) is 12.0. The maximum Gasteiger partial charge on any atom is 0.223 e. The summed E-state index contributed by atoms with van der Waals surface area (Å²) in [5, 5.41) is 6.30. The van der Waals surface area contributed by atoms with Gasteiger partial charge in [0.1, 0.15) is 6.10 Å². The van der Waals surface area contributed by atoms with E-state index in [0.717, 1.165) is 38.8 Å². The van der Waals surface area contributed by atoms with E-state index in [-0.39, 0.29) is 23.7 Å². The van der Waals surface area contributed by atoms with Crippen molar-refractivity contribution < 1.29 is 14.3 Å². The number of amides is 1. The molecule has 5 nitrogen and oxygen atoms in total. The van der Waals surface area contributed by atoms with Gasteiger partial charge in [0.25, 0.3) is 0 Å². The van der Waals surface area contributed by atoms with Gasteiger partial charge in [-0.3, -0.25) is 4.79 Å². The van der Waals surface area contributed by atoms with Crippen molar-refractivity contribution in [3.8, 4) is 0 Å². The third-order valence-corrected chi connectivity index (χ3v) is 4.49. The molecule has 2 heterocycles. The number of rotatable bonds is 3. The number of carbonyl (C=O) groups excluding carboxylic acids is 1. The molecule has 1 atom stereocenters. The molecule has 1 aliphatic carbocycles. The Bertz CT molecular complexity index is 323. The van der Waals surface area contributed by atoms with Crippen LogP contribution in [-0.4, -0.2) is 44.0 Å². The van der Waals surface area contributed by atoms with Gasteiger partial charge in [-0.05, 0) is 38.8 Å². The summed E-state index contributed by atoms with van der Waals surface area (Å²) in [5.41, 5.74) is 0. The topological polar surface area (TPSA) is 59.6 Å². The highest BCUT2D eigenvalue weighted by Crippen LogP contribution is 2.38. The Morgan fingerprint density at radius 2 is 2.00 bits per heavy atom. The quantitative estimate of drug-likeness (QED) is 0.794. The number of nitrogens with one attached hydrogen (secondary N) is 2. The molecule has 2 N–H and O–H groups in total. The van der Waals surface area contributed by atoms with Crippen molar-refractivity contribution in [2.75, 3.05) is 26.2 Å². The zero-order valence-electron chi connectivity index (χ0n) is 11.5. The van der Waals surface area contributed by atoms with Crippen LogP contribution in [0.15, 0.2) is 0 Å². The Kier molecular flexibility index (Phi) is 4.05. The van der Waals surface area contributed by atoms with E-state index in [4.69, 9.17) is 9.47 Å². The highest BCUT2D eigenvalue weighted by molar-refractivity contribution is 5.78. The summed E-state index contributed by atoms with van der Waals surface area (Å²) < 4.78 is 11.8. The smallest absolute Gasteiger partial charge is 0.223 e. The van der Waals surface area contributed by atoms with Crippen molar-refractivity contribution in [2.24, 2.45) is 5.92 Å². The summed E-state index contributed by atoms with van der Waals surface area (Å²) >= 11 is 0. The maximum absolute atomic E-state index is 12.0. The van der Waals surface area contributed by atoms with E-state index in [0.29, 0.717) is 13.2 Å². The van der Waals surface area contributed by atoms with Crippen LogP contribution in [0.5, 0.6) is 0 Å². The van der Waals surface area contributed by atoms with Crippen LogP contribution >= 0.6 is 0 Å². The highest BCUT2D eigenvalue weighted by atomic mass is 16.7. The molecule has 1 saturated carbocycles. The van der Waals surface area contributed by atoms with Crippen molar-refractivity contribution >= 4 is 5.91 Å². The number of hydrogen-bond donors (Lipinski definition) is 2. The number of piperidine rings is 1. The zero-order valence-corrected chi connectivity index (χ0v) is 11.5. The monoisotopic (exact) mass is 268 g/mol. The minimum Gasteiger partial charge on any atom is -0.353 e. The second kappa shape index (κ2) is 5.77. The molecular formula is C14H24N2O3. The molecule has 2 saturated heterocycles. The fourth-order valence-corrected chi connectivity index (χ4v) is 3.34. The molecule has 108 valence electrons. The highest BCUT2D eigenvalue weighted by Gasteiger charge is 2.43. The van der Waals surface area contributed by atoms with Crippen LogP contribution in [0.1, 0.15) is 38.5 Å². The van der Waals surface area contributed by atoms with Crippen molar-refractivity contribution in [1.29, 1.82) is 0 Å². The Balaban J connectivity index is 1.41. The average Bonchev–Trinajstić information content (AvgIpc) is 3.08. The summed E-state index contributed by atoms with van der Waals surface area (Å²) in [7, 11) is 0. The van der Waals surface area contributed by atoms with Crippen LogP contribution in [-0.2, 0) is 14.3 Å². The van der Waals surface area contributed by atoms with E-state index < -0.39 is 0 Å². The lowest BCUT2D eigenvalue weighted by molar-refractivity contribution is -0.161. The zero-order chi connectivity index (χ0) is 13.1. The van der Waals surface area contributed by atoms with Crippen molar-refractivity contribution in [1.82, 2.24) is 10.6 Å². The van der Waals surface area contributed by atoms with Crippen molar-refractivity contribution in [2.45, 2.75) is 50.4 Å². The third-order valence-electron chi connectivity index (χ3n) is 4.49. The van der Waals surface area contributed by atoms with Gasteiger partial charge in [-0.2, -0.15) is 0 Å². The summed E-state index contributed by atoms with van der Waals surface area (Å²) in [6.07, 6.45) is 6.30. The molecule has 0 aromatic rings. The molecule has 1 spiro atoms. The van der Waals surface area contributed by atoms with Crippen LogP contribution in [0.25, 0.3) is 0 Å². The lowest BCUT2D eigenvalue weighted by atomic mass is 9.97. The first-order valence-corrected chi connectivity index (χ1v) is 7.58. The van der Waals surface area contributed by atoms with Crippen molar-refractivity contribution in [3.05, 3.63) is 0 Å². The van der Waals surface area contributed by atoms with E-state index in [2.05, 4.69) is 10.6 Å². The molecular weight excluding hydrogens is 244 g/mol. The van der Waals surface area contributed by atoms with Gasteiger partial charge in [0, 0.05) is 25.3 Å². The molecule has 3 aliphatic rings. The standard InChI is InChI=1S/C14H24N2O3/c17-13(11-3-7-15-8-4-11)16-9-12-10-18-14(19-12)5-1-2-6-14/h11-12,15H,1-10H2,(H,16,17). The SMILES string of the molecule is O=C(NCC1COC2(CCCC2)O1)C1CCNCC1. The van der Waals surface area contributed by atoms with E-state index in [1.54, 1.807) is 0 Å². The molecule has 1 amide bonds. The van der Waals surface area contributed by atoms with Crippen LogP contribution in [0.2, 0.25) is 0 Å². The molecule has 0 bridgehead atoms. The largest absolute Gasteiger partial charge is 0.353 e. The van der Waals surface area contributed by atoms with E-state index >= 15 is 0 Å². The van der Waals surface area contributed by atoms with Crippen LogP contribution in [0.4, 0.5) is 0 Å². The van der Waals surface area contributed by atoms with E-state index in [9.17, 15) is 4.79 Å². The fourth-order valence-electron chi connectivity index (χ4n) is 3.34. The second-order valence-corrected chi connectivity index (χ2v) is 5.94. The maximum atomic E-state index is 12.0. The van der Waals surface area contributed by atoms with Gasteiger partial charge in [0.2, 0.25) is 5.91 Å². The average molecular weight is 268 g/mol. The van der Waals surface area contributed by atoms with E-state index in [1.165, 1.54) is 12.8 Å². The molecule has 3 rings (SSSR count). The third kappa shape index (κ3) is 3.09. The Hall–Kier alpha value is -0.650. The number of carbonyl (C=O) groups is 1. The first-order valence-electron chi connectivity index (χ1n) is 7.58. The molecule has 1 unspecified atom stereocenters. The van der Waals surface area contributed by atoms with Gasteiger partial charge < -0.3 is 20.1 Å². The lowest BCUT2D eigenvalue weighted by Crippen LogP contribution is -2.41. The molecule has 0 aromatic carbocycles. The minimum absolute atomic E-state index is 0.0313. The Morgan fingerprint density at radius 1 is 1.26 bits per heavy atom. The Labute approximate surface area is 114 Å². The number of ether oxygens (including phenoxy) is 2. The first-order chi connectivity index (χ1) is 9.27. The van der Waals surface area contributed by atoms with E-state index in [1.807, 2.05) is 0 Å². The molecule has 0 radical (unpaired) electrons. The minimum atomic E-state index is -0.315. The van der Waals surface area contributed by atoms with Crippen LogP contribution < -0.4 is 10.6 Å². The summed E-state index contributed by atoms with van der Waals surface area (Å²) in [5.74, 6) is 0.0333. The van der Waals surface area contributed by atoms with Gasteiger partial charge in [0.15, 0.2) is 5.79 Å². The fraction of sp³-hybridized carbons (Fsp3) is 0.929. The molecule has 19 heavy (non-hydrogen) atoms. The predicted octanol–water partition coefficient (Wildman–Crippen LogP) is 0.788. The molecule has 3 fully saturated rings.